The van der Waals surface area contributed by atoms with E-state index in [9.17, 15) is 9.59 Å². The lowest BCUT2D eigenvalue weighted by Crippen LogP contribution is -2.12. The lowest BCUT2D eigenvalue weighted by molar-refractivity contribution is 0.0697. The van der Waals surface area contributed by atoms with Crippen LogP contribution in [-0.4, -0.2) is 27.0 Å². The van der Waals surface area contributed by atoms with Crippen molar-refractivity contribution in [3.8, 4) is 0 Å². The number of rotatable bonds is 3. The van der Waals surface area contributed by atoms with E-state index in [4.69, 9.17) is 5.11 Å². The first-order chi connectivity index (χ1) is 10.1. The Morgan fingerprint density at radius 1 is 1.19 bits per heavy atom. The van der Waals surface area contributed by atoms with E-state index < -0.39 is 5.97 Å². The molecule has 6 nitrogen and oxygen atoms in total. The van der Waals surface area contributed by atoms with E-state index in [0.717, 1.165) is 0 Å². The van der Waals surface area contributed by atoms with E-state index >= 15 is 0 Å². The number of carboxylic acids is 1. The van der Waals surface area contributed by atoms with E-state index in [-0.39, 0.29) is 11.5 Å². The van der Waals surface area contributed by atoms with E-state index in [1.165, 1.54) is 29.7 Å². The summed E-state index contributed by atoms with van der Waals surface area (Å²) in [6.45, 7) is 0. The van der Waals surface area contributed by atoms with Gasteiger partial charge in [-0.05, 0) is 30.3 Å². The Morgan fingerprint density at radius 3 is 2.76 bits per heavy atom. The maximum absolute atomic E-state index is 12.0. The lowest BCUT2D eigenvalue weighted by atomic mass is 10.2. The van der Waals surface area contributed by atoms with Crippen LogP contribution in [0.25, 0.3) is 10.2 Å². The van der Waals surface area contributed by atoms with E-state index in [1.807, 2.05) is 0 Å². The molecule has 2 heterocycles. The van der Waals surface area contributed by atoms with Crippen molar-refractivity contribution < 1.29 is 14.7 Å². The Kier molecular flexibility index (Phi) is 3.33. The second-order valence-electron chi connectivity index (χ2n) is 4.18. The topological polar surface area (TPSA) is 92.2 Å². The van der Waals surface area contributed by atoms with Gasteiger partial charge in [-0.3, -0.25) is 15.1 Å². The number of carboxylic acid groups (broad SMARTS) is 1. The molecule has 1 amide bonds. The Morgan fingerprint density at radius 2 is 2.05 bits per heavy atom. The fraction of sp³-hybridized carbons (Fsp3) is 0. The smallest absolute Gasteiger partial charge is 0.335 e. The van der Waals surface area contributed by atoms with Gasteiger partial charge in [0.05, 0.1) is 15.8 Å². The zero-order valence-electron chi connectivity index (χ0n) is 10.6. The molecule has 0 saturated carbocycles. The fourth-order valence-electron chi connectivity index (χ4n) is 1.77. The highest BCUT2D eigenvalue weighted by molar-refractivity contribution is 7.22. The third-order valence-corrected chi connectivity index (χ3v) is 3.69. The summed E-state index contributed by atoms with van der Waals surface area (Å²) >= 11 is 1.22. The number of nitrogens with zero attached hydrogens (tertiary/aromatic N) is 2. The molecule has 3 aromatic rings. The molecular formula is C14H9N3O3S. The Hall–Kier alpha value is -2.80. The van der Waals surface area contributed by atoms with Crippen LogP contribution in [0.2, 0.25) is 0 Å². The zero-order chi connectivity index (χ0) is 14.8. The van der Waals surface area contributed by atoms with Gasteiger partial charge in [0, 0.05) is 6.20 Å². The molecule has 21 heavy (non-hydrogen) atoms. The molecule has 0 aliphatic rings. The van der Waals surface area contributed by atoms with Gasteiger partial charge in [0.1, 0.15) is 5.69 Å². The van der Waals surface area contributed by atoms with Crippen molar-refractivity contribution in [3.63, 3.8) is 0 Å². The lowest BCUT2D eigenvalue weighted by Gasteiger charge is -1.99. The molecule has 2 aromatic heterocycles. The molecule has 0 aliphatic carbocycles. The van der Waals surface area contributed by atoms with E-state index in [1.54, 1.807) is 24.3 Å². The van der Waals surface area contributed by atoms with Gasteiger partial charge in [-0.25, -0.2) is 9.78 Å². The minimum absolute atomic E-state index is 0.189. The minimum Gasteiger partial charge on any atom is -0.478 e. The number of benzene rings is 1. The Balaban J connectivity index is 1.88. The maximum atomic E-state index is 12.0. The molecule has 0 bridgehead atoms. The number of aromatic carboxylic acids is 1. The van der Waals surface area contributed by atoms with Crippen LogP contribution in [0, 0.1) is 0 Å². The van der Waals surface area contributed by atoms with Crippen LogP contribution in [0.15, 0.2) is 42.6 Å². The van der Waals surface area contributed by atoms with Gasteiger partial charge in [0.25, 0.3) is 5.91 Å². The highest BCUT2D eigenvalue weighted by Gasteiger charge is 2.12. The van der Waals surface area contributed by atoms with Crippen molar-refractivity contribution in [2.24, 2.45) is 0 Å². The normalized spacial score (nSPS) is 10.5. The Labute approximate surface area is 123 Å². The summed E-state index contributed by atoms with van der Waals surface area (Å²) in [7, 11) is 0. The van der Waals surface area contributed by atoms with Crippen LogP contribution in [0.1, 0.15) is 20.8 Å². The number of aromatic nitrogens is 2. The molecule has 0 atom stereocenters. The predicted molar refractivity (Wildman–Crippen MR) is 78.8 cm³/mol. The number of amides is 1. The first-order valence-corrected chi connectivity index (χ1v) is 6.81. The monoisotopic (exact) mass is 299 g/mol. The van der Waals surface area contributed by atoms with Crippen molar-refractivity contribution in [1.82, 2.24) is 9.97 Å². The number of pyridine rings is 1. The molecule has 3 rings (SSSR count). The largest absolute Gasteiger partial charge is 0.478 e. The molecule has 7 heteroatoms. The van der Waals surface area contributed by atoms with Gasteiger partial charge < -0.3 is 5.11 Å². The SMILES string of the molecule is O=C(O)c1ccc2nc(NC(=O)c3ccccn3)sc2c1. The molecule has 104 valence electrons. The summed E-state index contributed by atoms with van der Waals surface area (Å²) in [4.78, 5) is 31.1. The van der Waals surface area contributed by atoms with Crippen molar-refractivity contribution in [3.05, 3.63) is 53.9 Å². The quantitative estimate of drug-likeness (QED) is 0.775. The first-order valence-electron chi connectivity index (χ1n) is 6.00. The average Bonchev–Trinajstić information content (AvgIpc) is 2.89. The van der Waals surface area contributed by atoms with Crippen LogP contribution >= 0.6 is 11.3 Å². The molecule has 0 radical (unpaired) electrons. The molecule has 2 N–H and O–H groups in total. The molecule has 1 aromatic carbocycles. The number of fused-ring (bicyclic) bond motifs is 1. The van der Waals surface area contributed by atoms with Crippen molar-refractivity contribution >= 4 is 38.6 Å². The molecule has 0 unspecified atom stereocenters. The van der Waals surface area contributed by atoms with Crippen LogP contribution in [0.4, 0.5) is 5.13 Å². The van der Waals surface area contributed by atoms with Gasteiger partial charge in [0.2, 0.25) is 0 Å². The first kappa shape index (κ1) is 13.2. The third-order valence-electron chi connectivity index (χ3n) is 2.75. The van der Waals surface area contributed by atoms with Crippen LogP contribution in [-0.2, 0) is 0 Å². The summed E-state index contributed by atoms with van der Waals surface area (Å²) in [6, 6.07) is 9.68. The highest BCUT2D eigenvalue weighted by Crippen LogP contribution is 2.27. The van der Waals surface area contributed by atoms with Gasteiger partial charge in [-0.15, -0.1) is 0 Å². The second kappa shape index (κ2) is 5.29. The van der Waals surface area contributed by atoms with Crippen molar-refractivity contribution in [1.29, 1.82) is 0 Å². The van der Waals surface area contributed by atoms with Crippen LogP contribution in [0.3, 0.4) is 0 Å². The van der Waals surface area contributed by atoms with Crippen molar-refractivity contribution in [2.45, 2.75) is 0 Å². The predicted octanol–water partition coefficient (Wildman–Crippen LogP) is 2.64. The summed E-state index contributed by atoms with van der Waals surface area (Å²) in [5.41, 5.74) is 1.12. The van der Waals surface area contributed by atoms with Gasteiger partial charge >= 0.3 is 5.97 Å². The average molecular weight is 299 g/mol. The fourth-order valence-corrected chi connectivity index (χ4v) is 2.67. The standard InChI is InChI=1S/C14H9N3O3S/c18-12(10-3-1-2-6-15-10)17-14-16-9-5-4-8(13(19)20)7-11(9)21-14/h1-7H,(H,19,20)(H,16,17,18). The van der Waals surface area contributed by atoms with Crippen molar-refractivity contribution in [2.75, 3.05) is 5.32 Å². The van der Waals surface area contributed by atoms with Crippen LogP contribution in [0.5, 0.6) is 0 Å². The zero-order valence-corrected chi connectivity index (χ0v) is 11.4. The number of hydrogen-bond donors (Lipinski definition) is 2. The van der Waals surface area contributed by atoms with E-state index in [2.05, 4.69) is 15.3 Å². The number of carbonyl (C=O) groups is 2. The summed E-state index contributed by atoms with van der Waals surface area (Å²) in [6.07, 6.45) is 1.53. The molecule has 0 aliphatic heterocycles. The van der Waals surface area contributed by atoms with Crippen LogP contribution < -0.4 is 5.32 Å². The summed E-state index contributed by atoms with van der Waals surface area (Å²) < 4.78 is 0.700. The highest BCUT2D eigenvalue weighted by atomic mass is 32.1. The third kappa shape index (κ3) is 2.72. The number of carbonyl (C=O) groups excluding carboxylic acids is 1. The summed E-state index contributed by atoms with van der Waals surface area (Å²) in [5, 5.41) is 12.0. The summed E-state index contributed by atoms with van der Waals surface area (Å²) in [5.74, 6) is -1.35. The number of nitrogens with one attached hydrogen (secondary N) is 1. The molecule has 0 spiro atoms. The Bertz CT molecular complexity index is 830. The van der Waals surface area contributed by atoms with Gasteiger partial charge in [-0.1, -0.05) is 17.4 Å². The maximum Gasteiger partial charge on any atom is 0.335 e. The number of thiazole rings is 1. The molecular weight excluding hydrogens is 290 g/mol. The van der Waals surface area contributed by atoms with Gasteiger partial charge in [-0.2, -0.15) is 0 Å². The number of anilines is 1. The second-order valence-corrected chi connectivity index (χ2v) is 5.21. The molecule has 0 saturated heterocycles. The van der Waals surface area contributed by atoms with E-state index in [0.29, 0.717) is 21.0 Å². The number of hydrogen-bond acceptors (Lipinski definition) is 5. The minimum atomic E-state index is -0.996. The molecule has 0 fully saturated rings. The van der Waals surface area contributed by atoms with Gasteiger partial charge in [0.15, 0.2) is 5.13 Å².